The number of aryl methyl sites for hydroxylation is 1. The number of hydrogen-bond donors (Lipinski definition) is 4. The van der Waals surface area contributed by atoms with E-state index in [9.17, 15) is 19.6 Å². The van der Waals surface area contributed by atoms with E-state index in [4.69, 9.17) is 16.3 Å². The Kier molecular flexibility index (Phi) is 9.83. The highest BCUT2D eigenvalue weighted by Crippen LogP contribution is 2.11. The minimum atomic E-state index is -1.73. The van der Waals surface area contributed by atoms with E-state index in [0.29, 0.717) is 23.4 Å². The lowest BCUT2D eigenvalue weighted by Crippen LogP contribution is -2.55. The summed E-state index contributed by atoms with van der Waals surface area (Å²) in [6, 6.07) is 15.1. The molecule has 1 unspecified atom stereocenters. The van der Waals surface area contributed by atoms with Gasteiger partial charge in [-0.3, -0.25) is 9.59 Å². The molecule has 2 rings (SSSR count). The molecule has 0 aliphatic rings. The Morgan fingerprint density at radius 3 is 2.47 bits per heavy atom. The first-order chi connectivity index (χ1) is 14.4. The summed E-state index contributed by atoms with van der Waals surface area (Å²) in [6.45, 7) is -0.0730. The fourth-order valence-electron chi connectivity index (χ4n) is 2.97. The van der Waals surface area contributed by atoms with Crippen LogP contribution in [0, 0.1) is 0 Å². The number of hydrogen-bond acceptors (Lipinski definition) is 5. The monoisotopic (exact) mass is 432 g/mol. The summed E-state index contributed by atoms with van der Waals surface area (Å²) >= 11 is 5.91. The van der Waals surface area contributed by atoms with Crippen molar-refractivity contribution < 1.29 is 24.4 Å². The van der Waals surface area contributed by atoms with Crippen molar-refractivity contribution in [1.82, 2.24) is 10.6 Å². The second-order valence-corrected chi connectivity index (χ2v) is 7.33. The summed E-state index contributed by atoms with van der Waals surface area (Å²) in [5, 5.41) is 24.9. The molecule has 0 spiro atoms. The number of methoxy groups -OCH3 is 1. The van der Waals surface area contributed by atoms with Crippen LogP contribution in [0.1, 0.15) is 28.8 Å². The smallest absolute Gasteiger partial charge is 0.426 e. The third-order valence-electron chi connectivity index (χ3n) is 4.55. The lowest BCUT2D eigenvalue weighted by atomic mass is 9.76. The normalized spacial score (nSPS) is 12.7. The zero-order valence-corrected chi connectivity index (χ0v) is 17.5. The van der Waals surface area contributed by atoms with Crippen molar-refractivity contribution in [2.45, 2.75) is 31.2 Å². The SMILES string of the molecule is COCC(NC(=O)c1cccc(Cl)c1)C(=O)N[C@@H](CCCc1ccccc1)B(O)O. The molecule has 0 heterocycles. The summed E-state index contributed by atoms with van der Waals surface area (Å²) in [5.74, 6) is -1.92. The molecule has 0 saturated heterocycles. The third kappa shape index (κ3) is 7.80. The fourth-order valence-corrected chi connectivity index (χ4v) is 3.16. The zero-order chi connectivity index (χ0) is 21.9. The number of amides is 2. The summed E-state index contributed by atoms with van der Waals surface area (Å²) in [5.41, 5.74) is 1.43. The van der Waals surface area contributed by atoms with Crippen LogP contribution in [-0.4, -0.2) is 54.7 Å². The van der Waals surface area contributed by atoms with Crippen molar-refractivity contribution in [3.63, 3.8) is 0 Å². The quantitative estimate of drug-likeness (QED) is 0.403. The van der Waals surface area contributed by atoms with Crippen molar-refractivity contribution in [2.24, 2.45) is 0 Å². The lowest BCUT2D eigenvalue weighted by molar-refractivity contribution is -0.124. The van der Waals surface area contributed by atoms with E-state index in [1.165, 1.54) is 13.2 Å². The summed E-state index contributed by atoms with van der Waals surface area (Å²) in [6.07, 6.45) is 1.75. The number of ether oxygens (including phenoxy) is 1. The number of halogens is 1. The number of carbonyl (C=O) groups excluding carboxylic acids is 2. The Morgan fingerprint density at radius 2 is 1.83 bits per heavy atom. The molecule has 0 aliphatic carbocycles. The van der Waals surface area contributed by atoms with Gasteiger partial charge in [0.25, 0.3) is 5.91 Å². The Bertz CT molecular complexity index is 822. The highest BCUT2D eigenvalue weighted by molar-refractivity contribution is 6.43. The van der Waals surface area contributed by atoms with Crippen LogP contribution in [0.2, 0.25) is 5.02 Å². The Hall–Kier alpha value is -2.39. The van der Waals surface area contributed by atoms with E-state index < -0.39 is 30.9 Å². The van der Waals surface area contributed by atoms with Crippen LogP contribution in [0.5, 0.6) is 0 Å². The maximum Gasteiger partial charge on any atom is 0.475 e. The van der Waals surface area contributed by atoms with Crippen molar-refractivity contribution in [1.29, 1.82) is 0 Å². The minimum Gasteiger partial charge on any atom is -0.426 e. The van der Waals surface area contributed by atoms with Gasteiger partial charge in [0.15, 0.2) is 0 Å². The van der Waals surface area contributed by atoms with Gasteiger partial charge >= 0.3 is 7.12 Å². The van der Waals surface area contributed by atoms with E-state index in [1.54, 1.807) is 18.2 Å². The third-order valence-corrected chi connectivity index (χ3v) is 4.79. The molecule has 0 aliphatic heterocycles. The Labute approximate surface area is 181 Å². The largest absolute Gasteiger partial charge is 0.475 e. The molecule has 160 valence electrons. The van der Waals surface area contributed by atoms with Gasteiger partial charge in [0, 0.05) is 17.7 Å². The van der Waals surface area contributed by atoms with Gasteiger partial charge in [0.2, 0.25) is 5.91 Å². The van der Waals surface area contributed by atoms with Gasteiger partial charge in [0.05, 0.1) is 12.5 Å². The van der Waals surface area contributed by atoms with Crippen LogP contribution in [0.3, 0.4) is 0 Å². The van der Waals surface area contributed by atoms with Crippen LogP contribution in [0.25, 0.3) is 0 Å². The van der Waals surface area contributed by atoms with Gasteiger partial charge in [-0.1, -0.05) is 48.0 Å². The first kappa shape index (κ1) is 23.9. The van der Waals surface area contributed by atoms with Gasteiger partial charge in [0.1, 0.15) is 6.04 Å². The summed E-state index contributed by atoms with van der Waals surface area (Å²) in [4.78, 5) is 25.1. The number of nitrogens with one attached hydrogen (secondary N) is 2. The lowest BCUT2D eigenvalue weighted by Gasteiger charge is -2.23. The molecule has 0 fully saturated rings. The van der Waals surface area contributed by atoms with E-state index in [2.05, 4.69) is 10.6 Å². The molecule has 0 radical (unpaired) electrons. The van der Waals surface area contributed by atoms with Crippen LogP contribution >= 0.6 is 11.6 Å². The summed E-state index contributed by atoms with van der Waals surface area (Å²) in [7, 11) is -0.319. The molecule has 30 heavy (non-hydrogen) atoms. The second-order valence-electron chi connectivity index (χ2n) is 6.90. The molecular weight excluding hydrogens is 407 g/mol. The van der Waals surface area contributed by atoms with Crippen LogP contribution in [-0.2, 0) is 16.0 Å². The van der Waals surface area contributed by atoms with Crippen LogP contribution in [0.4, 0.5) is 0 Å². The molecule has 0 saturated carbocycles. The predicted octanol–water partition coefficient (Wildman–Crippen LogP) is 1.60. The van der Waals surface area contributed by atoms with Gasteiger partial charge in [-0.15, -0.1) is 0 Å². The zero-order valence-electron chi connectivity index (χ0n) is 16.8. The fraction of sp³-hybridized carbons (Fsp3) is 0.333. The highest BCUT2D eigenvalue weighted by Gasteiger charge is 2.29. The molecular formula is C21H26BClN2O5. The predicted molar refractivity (Wildman–Crippen MR) is 116 cm³/mol. The van der Waals surface area contributed by atoms with E-state index in [-0.39, 0.29) is 6.61 Å². The number of benzene rings is 2. The van der Waals surface area contributed by atoms with Gasteiger partial charge in [-0.25, -0.2) is 0 Å². The first-order valence-corrected chi connectivity index (χ1v) is 10.0. The van der Waals surface area contributed by atoms with Crippen LogP contribution in [0.15, 0.2) is 54.6 Å². The number of carbonyl (C=O) groups is 2. The standard InChI is InChI=1S/C21H26BClN2O5/c1-30-14-18(24-20(26)16-10-6-11-17(23)13-16)21(27)25-19(22(28)29)12-5-9-15-7-3-2-4-8-15/h2-4,6-8,10-11,13,18-19,28-29H,5,9,12,14H2,1H3,(H,24,26)(H,25,27)/t18?,19-/m0/s1. The Morgan fingerprint density at radius 1 is 1.10 bits per heavy atom. The molecule has 7 nitrogen and oxygen atoms in total. The van der Waals surface area contributed by atoms with Crippen molar-refractivity contribution in [2.75, 3.05) is 13.7 Å². The average Bonchev–Trinajstić information content (AvgIpc) is 2.73. The maximum atomic E-state index is 12.7. The molecule has 0 bridgehead atoms. The minimum absolute atomic E-state index is 0.0730. The topological polar surface area (TPSA) is 108 Å². The summed E-state index contributed by atoms with van der Waals surface area (Å²) < 4.78 is 5.04. The first-order valence-electron chi connectivity index (χ1n) is 9.66. The molecule has 2 aromatic carbocycles. The molecule has 2 amide bonds. The van der Waals surface area contributed by atoms with Gasteiger partial charge in [-0.05, 0) is 43.0 Å². The van der Waals surface area contributed by atoms with Crippen LogP contribution < -0.4 is 10.6 Å². The van der Waals surface area contributed by atoms with Crippen molar-refractivity contribution in [3.05, 3.63) is 70.7 Å². The molecule has 0 aromatic heterocycles. The van der Waals surface area contributed by atoms with Crippen molar-refractivity contribution >= 4 is 30.5 Å². The van der Waals surface area contributed by atoms with E-state index >= 15 is 0 Å². The van der Waals surface area contributed by atoms with Crippen molar-refractivity contribution in [3.8, 4) is 0 Å². The second kappa shape index (κ2) is 12.3. The number of rotatable bonds is 11. The van der Waals surface area contributed by atoms with E-state index in [1.807, 2.05) is 30.3 Å². The molecule has 4 N–H and O–H groups in total. The Balaban J connectivity index is 1.95. The molecule has 2 aromatic rings. The average molecular weight is 433 g/mol. The van der Waals surface area contributed by atoms with Gasteiger partial charge in [-0.2, -0.15) is 0 Å². The van der Waals surface area contributed by atoms with E-state index in [0.717, 1.165) is 12.0 Å². The molecule has 2 atom stereocenters. The maximum absolute atomic E-state index is 12.7. The molecule has 9 heteroatoms. The highest BCUT2D eigenvalue weighted by atomic mass is 35.5. The van der Waals surface area contributed by atoms with Gasteiger partial charge < -0.3 is 25.4 Å².